The Morgan fingerprint density at radius 1 is 1.21 bits per heavy atom. The van der Waals surface area contributed by atoms with Crippen molar-refractivity contribution in [2.45, 2.75) is 24.9 Å². The van der Waals surface area contributed by atoms with Crippen LogP contribution in [0.15, 0.2) is 18.2 Å². The van der Waals surface area contributed by atoms with Gasteiger partial charge in [0.1, 0.15) is 5.82 Å². The molecule has 0 spiro atoms. The Kier molecular flexibility index (Phi) is 2.97. The molecule has 2 aromatic rings. The second-order valence-electron chi connectivity index (χ2n) is 4.74. The first-order valence-electron chi connectivity index (χ1n) is 6.18. The summed E-state index contributed by atoms with van der Waals surface area (Å²) < 4.78 is 43.1. The average Bonchev–Trinajstić information content (AvgIpc) is 2.81. The Balaban J connectivity index is 1.96. The highest BCUT2D eigenvalue weighted by atomic mass is 19.4. The normalized spacial score (nSPS) is 18.1. The molecule has 1 N–H and O–H groups in total. The molecule has 0 aliphatic carbocycles. The van der Waals surface area contributed by atoms with E-state index in [0.717, 1.165) is 30.8 Å². The molecule has 19 heavy (non-hydrogen) atoms. The number of aromatic nitrogens is 2. The van der Waals surface area contributed by atoms with Crippen molar-refractivity contribution in [3.63, 3.8) is 0 Å². The number of benzene rings is 1. The van der Waals surface area contributed by atoms with Crippen LogP contribution in [0.1, 0.15) is 30.1 Å². The number of hydrogen-bond acceptors (Lipinski definition) is 2. The number of halogens is 3. The third-order valence-corrected chi connectivity index (χ3v) is 3.44. The number of nitrogens with zero attached hydrogens (tertiary/aromatic N) is 1. The predicted molar refractivity (Wildman–Crippen MR) is 63.9 cm³/mol. The smallest absolute Gasteiger partial charge is 0.381 e. The van der Waals surface area contributed by atoms with E-state index in [-0.39, 0.29) is 5.92 Å². The predicted octanol–water partition coefficient (Wildman–Crippen LogP) is 3.48. The SMILES string of the molecule is FC(F)(F)c1ccc2nc(C3CCOCC3)[nH]c2c1. The molecule has 0 amide bonds. The summed E-state index contributed by atoms with van der Waals surface area (Å²) in [6, 6.07) is 3.60. The van der Waals surface area contributed by atoms with Crippen LogP contribution in [0.5, 0.6) is 0 Å². The second-order valence-corrected chi connectivity index (χ2v) is 4.74. The fourth-order valence-corrected chi connectivity index (χ4v) is 2.37. The maximum Gasteiger partial charge on any atom is 0.416 e. The van der Waals surface area contributed by atoms with Gasteiger partial charge in [-0.25, -0.2) is 4.98 Å². The Hall–Kier alpha value is -1.56. The lowest BCUT2D eigenvalue weighted by Gasteiger charge is -2.19. The number of alkyl halides is 3. The molecule has 1 fully saturated rings. The van der Waals surface area contributed by atoms with Gasteiger partial charge in [-0.2, -0.15) is 13.2 Å². The van der Waals surface area contributed by atoms with Crippen LogP contribution >= 0.6 is 0 Å². The van der Waals surface area contributed by atoms with Gasteiger partial charge in [-0.1, -0.05) is 0 Å². The van der Waals surface area contributed by atoms with E-state index in [1.165, 1.54) is 6.07 Å². The maximum atomic E-state index is 12.6. The van der Waals surface area contributed by atoms with Crippen molar-refractivity contribution in [3.05, 3.63) is 29.6 Å². The highest BCUT2D eigenvalue weighted by Gasteiger charge is 2.31. The van der Waals surface area contributed by atoms with Crippen LogP contribution in [0.2, 0.25) is 0 Å². The summed E-state index contributed by atoms with van der Waals surface area (Å²) in [6.07, 6.45) is -2.62. The van der Waals surface area contributed by atoms with E-state index >= 15 is 0 Å². The molecule has 1 aliphatic rings. The lowest BCUT2D eigenvalue weighted by Crippen LogP contribution is -2.15. The third kappa shape index (κ3) is 2.45. The largest absolute Gasteiger partial charge is 0.416 e. The van der Waals surface area contributed by atoms with Crippen LogP contribution < -0.4 is 0 Å². The molecule has 1 aromatic carbocycles. The minimum absolute atomic E-state index is 0.246. The quantitative estimate of drug-likeness (QED) is 0.861. The van der Waals surface area contributed by atoms with Gasteiger partial charge >= 0.3 is 6.18 Å². The molecule has 0 bridgehead atoms. The van der Waals surface area contributed by atoms with E-state index in [2.05, 4.69) is 9.97 Å². The van der Waals surface area contributed by atoms with Gasteiger partial charge in [-0.05, 0) is 31.0 Å². The Morgan fingerprint density at radius 2 is 1.95 bits per heavy atom. The number of rotatable bonds is 1. The molecule has 0 atom stereocenters. The van der Waals surface area contributed by atoms with Crippen molar-refractivity contribution in [1.82, 2.24) is 9.97 Å². The minimum atomic E-state index is -4.32. The van der Waals surface area contributed by atoms with E-state index in [9.17, 15) is 13.2 Å². The van der Waals surface area contributed by atoms with E-state index in [1.54, 1.807) is 0 Å². The second kappa shape index (κ2) is 4.52. The zero-order valence-corrected chi connectivity index (χ0v) is 10.1. The first-order chi connectivity index (χ1) is 9.04. The van der Waals surface area contributed by atoms with Crippen LogP contribution in [0.3, 0.4) is 0 Å². The number of aromatic amines is 1. The molecule has 6 heteroatoms. The average molecular weight is 270 g/mol. The van der Waals surface area contributed by atoms with E-state index in [4.69, 9.17) is 4.74 Å². The first kappa shape index (κ1) is 12.5. The monoisotopic (exact) mass is 270 g/mol. The Bertz CT molecular complexity index is 585. The lowest BCUT2D eigenvalue weighted by atomic mass is 10.00. The van der Waals surface area contributed by atoms with Crippen LogP contribution in [0, 0.1) is 0 Å². The molecule has 0 radical (unpaired) electrons. The number of H-pyrrole nitrogens is 1. The molecule has 1 saturated heterocycles. The van der Waals surface area contributed by atoms with Crippen molar-refractivity contribution in [1.29, 1.82) is 0 Å². The zero-order chi connectivity index (χ0) is 13.5. The van der Waals surface area contributed by atoms with Crippen LogP contribution in [0.4, 0.5) is 13.2 Å². The van der Waals surface area contributed by atoms with Crippen molar-refractivity contribution >= 4 is 11.0 Å². The van der Waals surface area contributed by atoms with Crippen LogP contribution in [-0.4, -0.2) is 23.2 Å². The van der Waals surface area contributed by atoms with Crippen LogP contribution in [0.25, 0.3) is 11.0 Å². The number of nitrogens with one attached hydrogen (secondary N) is 1. The van der Waals surface area contributed by atoms with Crippen molar-refractivity contribution in [2.75, 3.05) is 13.2 Å². The summed E-state index contributed by atoms with van der Waals surface area (Å²) in [5, 5.41) is 0. The highest BCUT2D eigenvalue weighted by molar-refractivity contribution is 5.76. The van der Waals surface area contributed by atoms with E-state index in [1.807, 2.05) is 0 Å². The van der Waals surface area contributed by atoms with Gasteiger partial charge in [-0.15, -0.1) is 0 Å². The molecule has 0 unspecified atom stereocenters. The highest BCUT2D eigenvalue weighted by Crippen LogP contribution is 2.32. The fourth-order valence-electron chi connectivity index (χ4n) is 2.37. The van der Waals surface area contributed by atoms with Crippen molar-refractivity contribution in [3.8, 4) is 0 Å². The maximum absolute atomic E-state index is 12.6. The summed E-state index contributed by atoms with van der Waals surface area (Å²) >= 11 is 0. The molecule has 1 aliphatic heterocycles. The molecule has 102 valence electrons. The molecule has 2 heterocycles. The van der Waals surface area contributed by atoms with E-state index < -0.39 is 11.7 Å². The standard InChI is InChI=1S/C13H13F3N2O/c14-13(15,16)9-1-2-10-11(7-9)18-12(17-10)8-3-5-19-6-4-8/h1-2,7-8H,3-6H2,(H,17,18). The summed E-state index contributed by atoms with van der Waals surface area (Å²) in [6.45, 7) is 1.35. The number of imidazole rings is 1. The number of ether oxygens (including phenoxy) is 1. The van der Waals surface area contributed by atoms with Crippen molar-refractivity contribution < 1.29 is 17.9 Å². The Morgan fingerprint density at radius 3 is 2.63 bits per heavy atom. The summed E-state index contributed by atoms with van der Waals surface area (Å²) in [7, 11) is 0. The van der Waals surface area contributed by atoms with Gasteiger partial charge in [0, 0.05) is 19.1 Å². The topological polar surface area (TPSA) is 37.9 Å². The minimum Gasteiger partial charge on any atom is -0.381 e. The lowest BCUT2D eigenvalue weighted by molar-refractivity contribution is -0.137. The van der Waals surface area contributed by atoms with Gasteiger partial charge < -0.3 is 9.72 Å². The van der Waals surface area contributed by atoms with Gasteiger partial charge in [0.15, 0.2) is 0 Å². The molecular weight excluding hydrogens is 257 g/mol. The fraction of sp³-hybridized carbons (Fsp3) is 0.462. The summed E-state index contributed by atoms with van der Waals surface area (Å²) in [5.74, 6) is 1.01. The van der Waals surface area contributed by atoms with Crippen LogP contribution in [-0.2, 0) is 10.9 Å². The van der Waals surface area contributed by atoms with Gasteiger partial charge in [0.25, 0.3) is 0 Å². The van der Waals surface area contributed by atoms with E-state index in [0.29, 0.717) is 24.2 Å². The molecule has 3 rings (SSSR count). The molecule has 0 saturated carbocycles. The van der Waals surface area contributed by atoms with Crippen molar-refractivity contribution in [2.24, 2.45) is 0 Å². The number of hydrogen-bond donors (Lipinski definition) is 1. The summed E-state index contributed by atoms with van der Waals surface area (Å²) in [4.78, 5) is 7.39. The third-order valence-electron chi connectivity index (χ3n) is 3.44. The van der Waals surface area contributed by atoms with Gasteiger partial charge in [-0.3, -0.25) is 0 Å². The Labute approximate surface area is 107 Å². The summed E-state index contributed by atoms with van der Waals surface area (Å²) in [5.41, 5.74) is 0.369. The molecule has 1 aromatic heterocycles. The zero-order valence-electron chi connectivity index (χ0n) is 10.1. The molecule has 3 nitrogen and oxygen atoms in total. The first-order valence-corrected chi connectivity index (χ1v) is 6.18. The number of fused-ring (bicyclic) bond motifs is 1. The molecular formula is C13H13F3N2O. The van der Waals surface area contributed by atoms with Gasteiger partial charge in [0.05, 0.1) is 16.6 Å². The van der Waals surface area contributed by atoms with Gasteiger partial charge in [0.2, 0.25) is 0 Å².